The minimum atomic E-state index is -1.09. The van der Waals surface area contributed by atoms with Crippen molar-refractivity contribution in [2.75, 3.05) is 0 Å². The monoisotopic (exact) mass is 380 g/mol. The molecule has 2 heterocycles. The van der Waals surface area contributed by atoms with Gasteiger partial charge in [-0.25, -0.2) is 0 Å². The summed E-state index contributed by atoms with van der Waals surface area (Å²) in [5.41, 5.74) is 7.29. The van der Waals surface area contributed by atoms with Crippen molar-refractivity contribution in [3.63, 3.8) is 0 Å². The van der Waals surface area contributed by atoms with Crippen LogP contribution in [0.25, 0.3) is 11.1 Å². The van der Waals surface area contributed by atoms with E-state index in [0.717, 1.165) is 22.7 Å². The predicted molar refractivity (Wildman–Crippen MR) is 101 cm³/mol. The molecule has 0 aliphatic rings. The van der Waals surface area contributed by atoms with E-state index >= 15 is 0 Å². The molecule has 27 heavy (non-hydrogen) atoms. The molecule has 0 saturated heterocycles. The molecule has 1 atom stereocenters. The molecule has 0 aliphatic carbocycles. The molecule has 3 N–H and O–H groups in total. The molecule has 136 valence electrons. The molecule has 2 aromatic heterocycles. The van der Waals surface area contributed by atoms with Gasteiger partial charge in [0, 0.05) is 36.1 Å². The van der Waals surface area contributed by atoms with E-state index in [-0.39, 0.29) is 6.42 Å². The van der Waals surface area contributed by atoms with Gasteiger partial charge in [-0.05, 0) is 23.2 Å². The summed E-state index contributed by atoms with van der Waals surface area (Å²) in [4.78, 5) is 40.7. The highest BCUT2D eigenvalue weighted by Gasteiger charge is 2.27. The fourth-order valence-corrected chi connectivity index (χ4v) is 3.26. The zero-order valence-electron chi connectivity index (χ0n) is 14.2. The maximum atomic E-state index is 12.8. The molecule has 0 aliphatic heterocycles. The summed E-state index contributed by atoms with van der Waals surface area (Å²) in [5.74, 6) is -2.43. The van der Waals surface area contributed by atoms with Gasteiger partial charge in [0.1, 0.15) is 10.9 Å². The van der Waals surface area contributed by atoms with Crippen LogP contribution in [0.1, 0.15) is 15.2 Å². The van der Waals surface area contributed by atoms with E-state index in [9.17, 15) is 14.4 Å². The summed E-state index contributed by atoms with van der Waals surface area (Å²) in [6.45, 7) is 0. The average Bonchev–Trinajstić information content (AvgIpc) is 3.18. The number of pyridine rings is 1. The number of nitrogens with two attached hydrogens (primary N) is 1. The summed E-state index contributed by atoms with van der Waals surface area (Å²) in [7, 11) is 0. The standard InChI is InChI=1S/C19H16N4O3S/c20-18(25)16(24)15(9-12-5-2-1-3-6-12)23-19(26)17-14(11-22-27-17)13-7-4-8-21-10-13/h1-8,10-11,15H,9H2,(H2,20,25)(H,23,26). The highest BCUT2D eigenvalue weighted by molar-refractivity contribution is 7.08. The Balaban J connectivity index is 1.84. The first-order valence-corrected chi connectivity index (χ1v) is 8.87. The van der Waals surface area contributed by atoms with Crippen LogP contribution in [-0.4, -0.2) is 33.0 Å². The van der Waals surface area contributed by atoms with E-state index in [1.54, 1.807) is 36.8 Å². The molecule has 3 rings (SSSR count). The highest BCUT2D eigenvalue weighted by Crippen LogP contribution is 2.25. The predicted octanol–water partition coefficient (Wildman–Crippen LogP) is 1.60. The maximum absolute atomic E-state index is 12.8. The van der Waals surface area contributed by atoms with Crippen LogP contribution in [-0.2, 0) is 16.0 Å². The molecule has 8 heteroatoms. The number of rotatable bonds is 7. The summed E-state index contributed by atoms with van der Waals surface area (Å²) in [6.07, 6.45) is 4.98. The zero-order chi connectivity index (χ0) is 19.2. The van der Waals surface area contributed by atoms with Crippen LogP contribution in [0.3, 0.4) is 0 Å². The van der Waals surface area contributed by atoms with Crippen molar-refractivity contribution >= 4 is 29.1 Å². The van der Waals surface area contributed by atoms with Crippen molar-refractivity contribution in [2.24, 2.45) is 5.73 Å². The minimum Gasteiger partial charge on any atom is -0.363 e. The van der Waals surface area contributed by atoms with E-state index < -0.39 is 23.6 Å². The van der Waals surface area contributed by atoms with Gasteiger partial charge in [0.2, 0.25) is 5.78 Å². The molecule has 0 bridgehead atoms. The summed E-state index contributed by atoms with van der Waals surface area (Å²) in [6, 6.07) is 11.6. The van der Waals surface area contributed by atoms with Gasteiger partial charge in [-0.2, -0.15) is 4.37 Å². The number of Topliss-reactive ketones (excluding diaryl/α,β-unsaturated/α-hetero) is 1. The van der Waals surface area contributed by atoms with Gasteiger partial charge in [-0.3, -0.25) is 19.4 Å². The number of nitrogens with zero attached hydrogens (tertiary/aromatic N) is 2. The summed E-state index contributed by atoms with van der Waals surface area (Å²) >= 11 is 1.00. The second kappa shape index (κ2) is 8.33. The Hall–Kier alpha value is -3.39. The van der Waals surface area contributed by atoms with Crippen LogP contribution in [0.5, 0.6) is 0 Å². The smallest absolute Gasteiger partial charge is 0.287 e. The molecule has 3 aromatic rings. The normalized spacial score (nSPS) is 11.6. The third kappa shape index (κ3) is 4.42. The number of hydrogen-bond acceptors (Lipinski definition) is 6. The van der Waals surface area contributed by atoms with Crippen LogP contribution in [0, 0.1) is 0 Å². The average molecular weight is 380 g/mol. The molecule has 2 amide bonds. The van der Waals surface area contributed by atoms with Gasteiger partial charge < -0.3 is 11.1 Å². The molecule has 1 unspecified atom stereocenters. The number of aromatic nitrogens is 2. The van der Waals surface area contributed by atoms with Gasteiger partial charge in [0.15, 0.2) is 0 Å². The van der Waals surface area contributed by atoms with Gasteiger partial charge in [0.05, 0.1) is 0 Å². The van der Waals surface area contributed by atoms with Crippen molar-refractivity contribution in [3.8, 4) is 11.1 Å². The molecule has 0 fully saturated rings. The number of hydrogen-bond donors (Lipinski definition) is 2. The molecular weight excluding hydrogens is 364 g/mol. The van der Waals surface area contributed by atoms with Gasteiger partial charge in [-0.1, -0.05) is 36.4 Å². The molecule has 0 spiro atoms. The molecule has 1 aromatic carbocycles. The Morgan fingerprint density at radius 1 is 1.07 bits per heavy atom. The second-order valence-electron chi connectivity index (χ2n) is 5.75. The molecular formula is C19H16N4O3S. The highest BCUT2D eigenvalue weighted by atomic mass is 32.1. The molecule has 7 nitrogen and oxygen atoms in total. The van der Waals surface area contributed by atoms with E-state index in [2.05, 4.69) is 14.7 Å². The van der Waals surface area contributed by atoms with Crippen LogP contribution >= 0.6 is 11.5 Å². The largest absolute Gasteiger partial charge is 0.363 e. The lowest BCUT2D eigenvalue weighted by Gasteiger charge is -2.16. The lowest BCUT2D eigenvalue weighted by molar-refractivity contribution is -0.137. The quantitative estimate of drug-likeness (QED) is 0.604. The number of carbonyl (C=O) groups is 3. The van der Waals surface area contributed by atoms with Crippen molar-refractivity contribution in [1.82, 2.24) is 14.7 Å². The van der Waals surface area contributed by atoms with Gasteiger partial charge in [-0.15, -0.1) is 0 Å². The van der Waals surface area contributed by atoms with Crippen LogP contribution in [0.2, 0.25) is 0 Å². The van der Waals surface area contributed by atoms with Gasteiger partial charge >= 0.3 is 0 Å². The lowest BCUT2D eigenvalue weighted by atomic mass is 10.0. The number of nitrogens with one attached hydrogen (secondary N) is 1. The fraction of sp³-hybridized carbons (Fsp3) is 0.105. The first-order valence-electron chi connectivity index (χ1n) is 8.09. The number of ketones is 1. The first kappa shape index (κ1) is 18.4. The first-order chi connectivity index (χ1) is 13.1. The van der Waals surface area contributed by atoms with Crippen LogP contribution in [0.15, 0.2) is 61.1 Å². The summed E-state index contributed by atoms with van der Waals surface area (Å²) in [5, 5.41) is 2.62. The maximum Gasteiger partial charge on any atom is 0.287 e. The van der Waals surface area contributed by atoms with E-state index in [0.29, 0.717) is 10.4 Å². The minimum absolute atomic E-state index is 0.162. The Bertz CT molecular complexity index is 957. The number of amides is 2. The molecule has 0 radical (unpaired) electrons. The van der Waals surface area contributed by atoms with E-state index in [1.807, 2.05) is 24.3 Å². The second-order valence-corrected chi connectivity index (χ2v) is 6.56. The number of carbonyl (C=O) groups excluding carboxylic acids is 3. The van der Waals surface area contributed by atoms with Crippen molar-refractivity contribution in [2.45, 2.75) is 12.5 Å². The Kier molecular flexibility index (Phi) is 5.68. The third-order valence-electron chi connectivity index (χ3n) is 3.90. The third-order valence-corrected chi connectivity index (χ3v) is 4.70. The SMILES string of the molecule is NC(=O)C(=O)C(Cc1ccccc1)NC(=O)c1sncc1-c1cccnc1. The van der Waals surface area contributed by atoms with Crippen molar-refractivity contribution < 1.29 is 14.4 Å². The fourth-order valence-electron chi connectivity index (χ4n) is 2.59. The topological polar surface area (TPSA) is 115 Å². The van der Waals surface area contributed by atoms with Crippen molar-refractivity contribution in [3.05, 3.63) is 71.5 Å². The summed E-state index contributed by atoms with van der Waals surface area (Å²) < 4.78 is 4.07. The van der Waals surface area contributed by atoms with E-state index in [4.69, 9.17) is 5.73 Å². The van der Waals surface area contributed by atoms with E-state index in [1.165, 1.54) is 0 Å². The number of benzene rings is 1. The Morgan fingerprint density at radius 3 is 2.52 bits per heavy atom. The molecule has 0 saturated carbocycles. The van der Waals surface area contributed by atoms with Crippen molar-refractivity contribution in [1.29, 1.82) is 0 Å². The van der Waals surface area contributed by atoms with Crippen LogP contribution < -0.4 is 11.1 Å². The Morgan fingerprint density at radius 2 is 1.85 bits per heavy atom. The van der Waals surface area contributed by atoms with Crippen LogP contribution in [0.4, 0.5) is 0 Å². The Labute approximate surface area is 159 Å². The lowest BCUT2D eigenvalue weighted by Crippen LogP contribution is -2.47. The van der Waals surface area contributed by atoms with Gasteiger partial charge in [0.25, 0.3) is 11.8 Å². The zero-order valence-corrected chi connectivity index (χ0v) is 15.0. The number of primary amides is 1.